The lowest BCUT2D eigenvalue weighted by Crippen LogP contribution is -2.45. The summed E-state index contributed by atoms with van der Waals surface area (Å²) in [5.41, 5.74) is 0.397. The Morgan fingerprint density at radius 1 is 1.35 bits per heavy atom. The molecule has 1 aromatic heterocycles. The molecule has 0 radical (unpaired) electrons. The SMILES string of the molecule is Cc1nn(CC(=O)OCC(=O)NC2CCCC(C)C2C)c(C)c1[N+](=O)[O-]. The number of nitro groups is 1. The van der Waals surface area contributed by atoms with Crippen molar-refractivity contribution >= 4 is 17.6 Å². The molecular weight excluding hydrogens is 340 g/mol. The molecule has 3 unspecified atom stereocenters. The second-order valence-electron chi connectivity index (χ2n) is 7.04. The zero-order valence-electron chi connectivity index (χ0n) is 15.7. The van der Waals surface area contributed by atoms with Crippen LogP contribution in [-0.2, 0) is 20.9 Å². The summed E-state index contributed by atoms with van der Waals surface area (Å²) in [4.78, 5) is 34.4. The molecule has 1 aliphatic carbocycles. The van der Waals surface area contributed by atoms with Crippen LogP contribution in [0.25, 0.3) is 0 Å². The molecule has 9 nitrogen and oxygen atoms in total. The minimum absolute atomic E-state index is 0.101. The number of aromatic nitrogens is 2. The molecule has 9 heteroatoms. The topological polar surface area (TPSA) is 116 Å². The van der Waals surface area contributed by atoms with Gasteiger partial charge in [-0.05, 0) is 32.1 Å². The van der Waals surface area contributed by atoms with Crippen LogP contribution in [0.15, 0.2) is 0 Å². The Bertz CT molecular complexity index is 700. The molecule has 3 atom stereocenters. The number of hydrogen-bond acceptors (Lipinski definition) is 6. The van der Waals surface area contributed by atoms with Gasteiger partial charge < -0.3 is 10.1 Å². The second-order valence-corrected chi connectivity index (χ2v) is 7.04. The first-order chi connectivity index (χ1) is 12.2. The Labute approximate surface area is 152 Å². The number of hydrogen-bond donors (Lipinski definition) is 1. The lowest BCUT2D eigenvalue weighted by molar-refractivity contribution is -0.386. The first-order valence-corrected chi connectivity index (χ1v) is 8.84. The lowest BCUT2D eigenvalue weighted by Gasteiger charge is -2.34. The summed E-state index contributed by atoms with van der Waals surface area (Å²) in [6, 6.07) is 0.101. The molecule has 144 valence electrons. The Morgan fingerprint density at radius 2 is 2.04 bits per heavy atom. The van der Waals surface area contributed by atoms with Crippen LogP contribution in [0.4, 0.5) is 5.69 Å². The molecule has 0 aromatic carbocycles. The van der Waals surface area contributed by atoms with E-state index >= 15 is 0 Å². The molecule has 1 aliphatic rings. The van der Waals surface area contributed by atoms with Gasteiger partial charge in [0.05, 0.1) is 4.92 Å². The molecule has 1 amide bonds. The molecule has 0 saturated heterocycles. The highest BCUT2D eigenvalue weighted by atomic mass is 16.6. The van der Waals surface area contributed by atoms with Gasteiger partial charge in [-0.2, -0.15) is 5.10 Å². The maximum Gasteiger partial charge on any atom is 0.328 e. The van der Waals surface area contributed by atoms with Crippen molar-refractivity contribution in [1.29, 1.82) is 0 Å². The predicted molar refractivity (Wildman–Crippen MR) is 93.4 cm³/mol. The summed E-state index contributed by atoms with van der Waals surface area (Å²) in [6.07, 6.45) is 3.17. The van der Waals surface area contributed by atoms with Gasteiger partial charge in [0.1, 0.15) is 17.9 Å². The molecule has 1 N–H and O–H groups in total. The van der Waals surface area contributed by atoms with Crippen LogP contribution in [0, 0.1) is 35.8 Å². The van der Waals surface area contributed by atoms with Gasteiger partial charge in [-0.3, -0.25) is 24.4 Å². The highest BCUT2D eigenvalue weighted by Crippen LogP contribution is 2.29. The molecular formula is C17H26N4O5. The largest absolute Gasteiger partial charge is 0.454 e. The number of nitrogens with one attached hydrogen (secondary N) is 1. The fraction of sp³-hybridized carbons (Fsp3) is 0.706. The van der Waals surface area contributed by atoms with Gasteiger partial charge in [0.15, 0.2) is 6.61 Å². The van der Waals surface area contributed by atoms with Crippen molar-refractivity contribution in [3.05, 3.63) is 21.5 Å². The smallest absolute Gasteiger partial charge is 0.328 e. The first-order valence-electron chi connectivity index (χ1n) is 8.84. The fourth-order valence-electron chi connectivity index (χ4n) is 3.45. The van der Waals surface area contributed by atoms with Crippen molar-refractivity contribution in [2.75, 3.05) is 6.61 Å². The minimum atomic E-state index is -0.661. The van der Waals surface area contributed by atoms with Crippen molar-refractivity contribution < 1.29 is 19.2 Å². The van der Waals surface area contributed by atoms with E-state index in [4.69, 9.17) is 4.74 Å². The first kappa shape index (κ1) is 19.9. The predicted octanol–water partition coefficient (Wildman–Crippen LogP) is 1.89. The van der Waals surface area contributed by atoms with E-state index in [9.17, 15) is 19.7 Å². The van der Waals surface area contributed by atoms with Crippen LogP contribution >= 0.6 is 0 Å². The van der Waals surface area contributed by atoms with Crippen LogP contribution in [-0.4, -0.2) is 39.2 Å². The highest BCUT2D eigenvalue weighted by Gasteiger charge is 2.28. The fourth-order valence-corrected chi connectivity index (χ4v) is 3.45. The Hall–Kier alpha value is -2.45. The zero-order chi connectivity index (χ0) is 19.4. The number of amides is 1. The van der Waals surface area contributed by atoms with E-state index < -0.39 is 10.9 Å². The number of carbonyl (C=O) groups is 2. The summed E-state index contributed by atoms with van der Waals surface area (Å²) in [5, 5.41) is 17.9. The number of esters is 1. The molecule has 0 spiro atoms. The van der Waals surface area contributed by atoms with E-state index in [2.05, 4.69) is 24.3 Å². The molecule has 1 aromatic rings. The minimum Gasteiger partial charge on any atom is -0.454 e. The van der Waals surface area contributed by atoms with E-state index in [0.717, 1.165) is 19.3 Å². The van der Waals surface area contributed by atoms with Crippen molar-refractivity contribution in [3.8, 4) is 0 Å². The third-order valence-corrected chi connectivity index (χ3v) is 5.22. The maximum atomic E-state index is 12.0. The van der Waals surface area contributed by atoms with Gasteiger partial charge in [-0.15, -0.1) is 0 Å². The molecule has 26 heavy (non-hydrogen) atoms. The van der Waals surface area contributed by atoms with Gasteiger partial charge >= 0.3 is 11.7 Å². The van der Waals surface area contributed by atoms with Crippen LogP contribution < -0.4 is 5.32 Å². The monoisotopic (exact) mass is 366 g/mol. The lowest BCUT2D eigenvalue weighted by atomic mass is 9.78. The normalized spacial score (nSPS) is 22.7. The zero-order valence-corrected chi connectivity index (χ0v) is 15.7. The number of ether oxygens (including phenoxy) is 1. The second kappa shape index (κ2) is 8.29. The van der Waals surface area contributed by atoms with Crippen LogP contribution in [0.2, 0.25) is 0 Å². The number of aryl methyl sites for hydroxylation is 1. The quantitative estimate of drug-likeness (QED) is 0.467. The molecule has 0 aliphatic heterocycles. The number of rotatable bonds is 6. The summed E-state index contributed by atoms with van der Waals surface area (Å²) in [6.45, 7) is 6.69. The third kappa shape index (κ3) is 4.59. The molecule has 2 rings (SSSR count). The molecule has 1 fully saturated rings. The highest BCUT2D eigenvalue weighted by molar-refractivity contribution is 5.80. The number of carbonyl (C=O) groups excluding carboxylic acids is 2. The Morgan fingerprint density at radius 3 is 2.65 bits per heavy atom. The van der Waals surface area contributed by atoms with Crippen LogP contribution in [0.3, 0.4) is 0 Å². The van der Waals surface area contributed by atoms with Crippen molar-refractivity contribution in [1.82, 2.24) is 15.1 Å². The maximum absolute atomic E-state index is 12.0. The molecule has 1 saturated carbocycles. The van der Waals surface area contributed by atoms with Gasteiger partial charge in [0.25, 0.3) is 5.91 Å². The van der Waals surface area contributed by atoms with Crippen molar-refractivity contribution in [3.63, 3.8) is 0 Å². The number of nitrogens with zero attached hydrogens (tertiary/aromatic N) is 3. The van der Waals surface area contributed by atoms with E-state index in [0.29, 0.717) is 11.8 Å². The summed E-state index contributed by atoms with van der Waals surface area (Å²) in [5.74, 6) is -0.0496. The van der Waals surface area contributed by atoms with Gasteiger partial charge in [0, 0.05) is 6.04 Å². The summed E-state index contributed by atoms with van der Waals surface area (Å²) in [7, 11) is 0. The van der Waals surface area contributed by atoms with Gasteiger partial charge in [-0.1, -0.05) is 26.7 Å². The van der Waals surface area contributed by atoms with E-state index in [1.165, 1.54) is 18.5 Å². The molecule has 1 heterocycles. The Kier molecular flexibility index (Phi) is 6.33. The van der Waals surface area contributed by atoms with Crippen molar-refractivity contribution in [2.45, 2.75) is 59.5 Å². The van der Waals surface area contributed by atoms with Gasteiger partial charge in [0.2, 0.25) is 0 Å². The Balaban J connectivity index is 1.84. The summed E-state index contributed by atoms with van der Waals surface area (Å²) >= 11 is 0. The third-order valence-electron chi connectivity index (χ3n) is 5.22. The summed E-state index contributed by atoms with van der Waals surface area (Å²) < 4.78 is 6.22. The van der Waals surface area contributed by atoms with E-state index in [1.807, 2.05) is 0 Å². The average Bonchev–Trinajstić information content (AvgIpc) is 2.83. The standard InChI is InChI=1S/C17H26N4O5/c1-10-6-5-7-14(11(10)2)18-15(22)9-26-16(23)8-20-13(4)17(21(24)25)12(3)19-20/h10-11,14H,5-9H2,1-4H3,(H,18,22). The van der Waals surface area contributed by atoms with Crippen LogP contribution in [0.1, 0.15) is 44.5 Å². The van der Waals surface area contributed by atoms with Crippen LogP contribution in [0.5, 0.6) is 0 Å². The van der Waals surface area contributed by atoms with Gasteiger partial charge in [-0.25, -0.2) is 0 Å². The molecule has 0 bridgehead atoms. The van der Waals surface area contributed by atoms with E-state index in [-0.39, 0.29) is 42.2 Å². The van der Waals surface area contributed by atoms with E-state index in [1.54, 1.807) is 0 Å². The van der Waals surface area contributed by atoms with Crippen molar-refractivity contribution in [2.24, 2.45) is 11.8 Å². The average molecular weight is 366 g/mol.